The van der Waals surface area contributed by atoms with Crippen LogP contribution in [-0.4, -0.2) is 36.1 Å². The van der Waals surface area contributed by atoms with E-state index in [-0.39, 0.29) is 0 Å². The van der Waals surface area contributed by atoms with E-state index in [0.717, 1.165) is 38.3 Å². The van der Waals surface area contributed by atoms with Gasteiger partial charge in [0, 0.05) is 38.9 Å². The highest BCUT2D eigenvalue weighted by molar-refractivity contribution is 6.30. The molecular formula is C11H16ClN3. The van der Waals surface area contributed by atoms with Gasteiger partial charge in [-0.15, -0.1) is 0 Å². The van der Waals surface area contributed by atoms with Crippen molar-refractivity contribution in [2.24, 2.45) is 0 Å². The van der Waals surface area contributed by atoms with Gasteiger partial charge in [0.1, 0.15) is 5.15 Å². The molecule has 1 aliphatic heterocycles. The third kappa shape index (κ3) is 2.68. The minimum absolute atomic E-state index is 0.627. The van der Waals surface area contributed by atoms with E-state index in [1.165, 1.54) is 5.56 Å². The van der Waals surface area contributed by atoms with Crippen molar-refractivity contribution in [2.45, 2.75) is 13.5 Å². The number of nitrogens with one attached hydrogen (secondary N) is 1. The lowest BCUT2D eigenvalue weighted by atomic mass is 10.1. The molecule has 0 atom stereocenters. The van der Waals surface area contributed by atoms with Crippen LogP contribution >= 0.6 is 11.6 Å². The first-order chi connectivity index (χ1) is 7.27. The second-order valence-corrected chi connectivity index (χ2v) is 4.27. The zero-order chi connectivity index (χ0) is 10.7. The monoisotopic (exact) mass is 225 g/mol. The summed E-state index contributed by atoms with van der Waals surface area (Å²) in [6, 6.07) is 2.06. The maximum absolute atomic E-state index is 5.99. The van der Waals surface area contributed by atoms with Crippen molar-refractivity contribution in [2.75, 3.05) is 26.2 Å². The highest BCUT2D eigenvalue weighted by Gasteiger charge is 2.11. The van der Waals surface area contributed by atoms with Gasteiger partial charge >= 0.3 is 0 Å². The minimum Gasteiger partial charge on any atom is -0.314 e. The average molecular weight is 226 g/mol. The third-order valence-electron chi connectivity index (χ3n) is 2.86. The Labute approximate surface area is 95.4 Å². The van der Waals surface area contributed by atoms with Crippen LogP contribution in [-0.2, 0) is 6.54 Å². The highest BCUT2D eigenvalue weighted by Crippen LogP contribution is 2.17. The molecule has 0 radical (unpaired) electrons. The summed E-state index contributed by atoms with van der Waals surface area (Å²) in [6.45, 7) is 7.40. The highest BCUT2D eigenvalue weighted by atomic mass is 35.5. The molecule has 15 heavy (non-hydrogen) atoms. The number of rotatable bonds is 2. The fraction of sp³-hybridized carbons (Fsp3) is 0.545. The quantitative estimate of drug-likeness (QED) is 0.773. The third-order valence-corrected chi connectivity index (χ3v) is 3.24. The van der Waals surface area contributed by atoms with Crippen molar-refractivity contribution < 1.29 is 0 Å². The van der Waals surface area contributed by atoms with Gasteiger partial charge in [0.05, 0.1) is 0 Å². The van der Waals surface area contributed by atoms with Gasteiger partial charge in [0.25, 0.3) is 0 Å². The number of halogens is 1. The SMILES string of the molecule is Cc1c(CN2CCNCC2)ccnc1Cl. The van der Waals surface area contributed by atoms with E-state index in [2.05, 4.69) is 21.3 Å². The summed E-state index contributed by atoms with van der Waals surface area (Å²) in [7, 11) is 0. The Hall–Kier alpha value is -0.640. The average Bonchev–Trinajstić information content (AvgIpc) is 2.26. The van der Waals surface area contributed by atoms with Gasteiger partial charge in [-0.1, -0.05) is 11.6 Å². The molecule has 0 unspecified atom stereocenters. The maximum atomic E-state index is 5.99. The number of hydrogen-bond donors (Lipinski definition) is 1. The smallest absolute Gasteiger partial charge is 0.132 e. The van der Waals surface area contributed by atoms with Crippen LogP contribution < -0.4 is 5.32 Å². The number of hydrogen-bond acceptors (Lipinski definition) is 3. The normalized spacial score (nSPS) is 18.0. The van der Waals surface area contributed by atoms with E-state index in [1.807, 2.05) is 6.92 Å². The summed E-state index contributed by atoms with van der Waals surface area (Å²) in [6.07, 6.45) is 1.78. The molecule has 1 fully saturated rings. The molecule has 2 rings (SSSR count). The second kappa shape index (κ2) is 4.92. The molecule has 0 aliphatic carbocycles. The van der Waals surface area contributed by atoms with Crippen molar-refractivity contribution in [3.63, 3.8) is 0 Å². The molecule has 1 aromatic rings. The summed E-state index contributed by atoms with van der Waals surface area (Å²) in [5.41, 5.74) is 2.40. The molecule has 2 heterocycles. The first kappa shape index (κ1) is 10.9. The van der Waals surface area contributed by atoms with Crippen LogP contribution in [0.2, 0.25) is 5.15 Å². The van der Waals surface area contributed by atoms with Crippen molar-refractivity contribution in [1.29, 1.82) is 0 Å². The largest absolute Gasteiger partial charge is 0.314 e. The molecule has 4 heteroatoms. The van der Waals surface area contributed by atoms with E-state index in [4.69, 9.17) is 11.6 Å². The van der Waals surface area contributed by atoms with Crippen molar-refractivity contribution in [3.8, 4) is 0 Å². The standard InChI is InChI=1S/C11H16ClN3/c1-9-10(2-3-14-11(9)12)8-15-6-4-13-5-7-15/h2-3,13H,4-8H2,1H3. The first-order valence-electron chi connectivity index (χ1n) is 5.30. The number of pyridine rings is 1. The van der Waals surface area contributed by atoms with Gasteiger partial charge in [-0.25, -0.2) is 4.98 Å². The first-order valence-corrected chi connectivity index (χ1v) is 5.68. The lowest BCUT2D eigenvalue weighted by Gasteiger charge is -2.27. The number of aromatic nitrogens is 1. The molecular weight excluding hydrogens is 210 g/mol. The Balaban J connectivity index is 2.06. The van der Waals surface area contributed by atoms with Gasteiger partial charge in [0.15, 0.2) is 0 Å². The van der Waals surface area contributed by atoms with Crippen molar-refractivity contribution >= 4 is 11.6 Å². The van der Waals surface area contributed by atoms with Crippen LogP contribution in [0, 0.1) is 6.92 Å². The molecule has 1 saturated heterocycles. The predicted molar refractivity (Wildman–Crippen MR) is 62.1 cm³/mol. The van der Waals surface area contributed by atoms with Gasteiger partial charge in [-0.2, -0.15) is 0 Å². The summed E-state index contributed by atoms with van der Waals surface area (Å²) in [5.74, 6) is 0. The van der Waals surface area contributed by atoms with Gasteiger partial charge in [0.2, 0.25) is 0 Å². The zero-order valence-electron chi connectivity index (χ0n) is 8.96. The predicted octanol–water partition coefficient (Wildman–Crippen LogP) is 1.45. The molecule has 1 N–H and O–H groups in total. The molecule has 1 aromatic heterocycles. The van der Waals surface area contributed by atoms with E-state index in [0.29, 0.717) is 5.15 Å². The lowest BCUT2D eigenvalue weighted by Crippen LogP contribution is -2.43. The maximum Gasteiger partial charge on any atom is 0.132 e. The second-order valence-electron chi connectivity index (χ2n) is 3.91. The molecule has 0 bridgehead atoms. The van der Waals surface area contributed by atoms with Gasteiger partial charge in [-0.3, -0.25) is 4.90 Å². The van der Waals surface area contributed by atoms with Crippen LogP contribution in [0.15, 0.2) is 12.3 Å². The molecule has 0 saturated carbocycles. The van der Waals surface area contributed by atoms with E-state index in [9.17, 15) is 0 Å². The van der Waals surface area contributed by atoms with Crippen LogP contribution in [0.5, 0.6) is 0 Å². The van der Waals surface area contributed by atoms with Gasteiger partial charge < -0.3 is 5.32 Å². The molecule has 0 aromatic carbocycles. The van der Waals surface area contributed by atoms with Crippen molar-refractivity contribution in [1.82, 2.24) is 15.2 Å². The van der Waals surface area contributed by atoms with E-state index >= 15 is 0 Å². The number of piperazine rings is 1. The fourth-order valence-corrected chi connectivity index (χ4v) is 2.01. The molecule has 0 amide bonds. The fourth-order valence-electron chi connectivity index (χ4n) is 1.83. The topological polar surface area (TPSA) is 28.2 Å². The summed E-state index contributed by atoms with van der Waals surface area (Å²) >= 11 is 5.99. The van der Waals surface area contributed by atoms with E-state index in [1.54, 1.807) is 6.20 Å². The van der Waals surface area contributed by atoms with Crippen LogP contribution in [0.25, 0.3) is 0 Å². The summed E-state index contributed by atoms with van der Waals surface area (Å²) in [5, 5.41) is 3.97. The Morgan fingerprint density at radius 2 is 2.20 bits per heavy atom. The van der Waals surface area contributed by atoms with Crippen LogP contribution in [0.4, 0.5) is 0 Å². The number of nitrogens with zero attached hydrogens (tertiary/aromatic N) is 2. The molecule has 0 spiro atoms. The zero-order valence-corrected chi connectivity index (χ0v) is 9.72. The Morgan fingerprint density at radius 1 is 1.47 bits per heavy atom. The summed E-state index contributed by atoms with van der Waals surface area (Å²) < 4.78 is 0. The van der Waals surface area contributed by atoms with Gasteiger partial charge in [-0.05, 0) is 24.1 Å². The lowest BCUT2D eigenvalue weighted by molar-refractivity contribution is 0.233. The minimum atomic E-state index is 0.627. The Morgan fingerprint density at radius 3 is 2.93 bits per heavy atom. The molecule has 1 aliphatic rings. The van der Waals surface area contributed by atoms with Crippen molar-refractivity contribution in [3.05, 3.63) is 28.5 Å². The Kier molecular flexibility index (Phi) is 3.57. The molecule has 3 nitrogen and oxygen atoms in total. The van der Waals surface area contributed by atoms with Crippen LogP contribution in [0.3, 0.4) is 0 Å². The Bertz CT molecular complexity index is 335. The molecule has 82 valence electrons. The summed E-state index contributed by atoms with van der Waals surface area (Å²) in [4.78, 5) is 6.51. The van der Waals surface area contributed by atoms with Crippen LogP contribution in [0.1, 0.15) is 11.1 Å². The van der Waals surface area contributed by atoms with E-state index < -0.39 is 0 Å².